The highest BCUT2D eigenvalue weighted by Crippen LogP contribution is 2.41. The first-order valence-electron chi connectivity index (χ1n) is 23.6. The van der Waals surface area contributed by atoms with Crippen LogP contribution in [0.15, 0.2) is 115 Å². The van der Waals surface area contributed by atoms with Crippen molar-refractivity contribution in [2.75, 3.05) is 82.5 Å². The number of piperidine rings is 2. The van der Waals surface area contributed by atoms with Crippen LogP contribution in [0.4, 0.5) is 23.5 Å². The number of rotatable bonds is 15. The number of fused-ring (bicyclic) bond motifs is 2. The smallest absolute Gasteiger partial charge is 0.310 e. The van der Waals surface area contributed by atoms with E-state index in [2.05, 4.69) is 37.3 Å². The Kier molecular flexibility index (Phi) is 15.2. The van der Waals surface area contributed by atoms with Crippen molar-refractivity contribution in [1.82, 2.24) is 25.3 Å². The molecule has 2 aromatic heterocycles. The zero-order valence-corrected chi connectivity index (χ0v) is 40.5. The number of nitrogens with zero attached hydrogens (tertiary/aromatic N) is 6. The van der Waals surface area contributed by atoms with Crippen molar-refractivity contribution in [2.45, 2.75) is 44.6 Å². The number of benzene rings is 5. The molecule has 0 saturated carbocycles. The van der Waals surface area contributed by atoms with Crippen LogP contribution in [-0.2, 0) is 22.4 Å². The number of amides is 1. The first kappa shape index (κ1) is 49.5. The monoisotopic (exact) mass is 963 g/mol. The van der Waals surface area contributed by atoms with Crippen molar-refractivity contribution in [3.05, 3.63) is 132 Å². The molecule has 1 amide bonds. The van der Waals surface area contributed by atoms with E-state index in [4.69, 9.17) is 35.4 Å². The van der Waals surface area contributed by atoms with Crippen LogP contribution in [0, 0.1) is 10.8 Å². The van der Waals surface area contributed by atoms with Crippen LogP contribution in [0.2, 0.25) is 0 Å². The molecule has 2 saturated heterocycles. The van der Waals surface area contributed by atoms with Crippen LogP contribution in [0.1, 0.15) is 48.4 Å². The number of aliphatic hydroxyl groups is 1. The number of nitrogen functional groups attached to an aromatic ring is 2. The number of aliphatic carboxylic acids is 1. The van der Waals surface area contributed by atoms with Crippen LogP contribution in [0.25, 0.3) is 21.8 Å². The molecule has 7 N–H and O–H groups in total. The molecule has 71 heavy (non-hydrogen) atoms. The number of carbonyl (C=O) groups excluding carboxylic acids is 1. The molecule has 2 aliphatic rings. The van der Waals surface area contributed by atoms with Gasteiger partial charge >= 0.3 is 5.97 Å². The maximum atomic E-state index is 14.0. The molecule has 7 aromatic rings. The van der Waals surface area contributed by atoms with Crippen LogP contribution >= 0.6 is 0 Å². The lowest BCUT2D eigenvalue weighted by Gasteiger charge is -2.41. The lowest BCUT2D eigenvalue weighted by molar-refractivity contribution is -0.150. The quantitative estimate of drug-likeness (QED) is 0.0693. The average Bonchev–Trinajstić information content (AvgIpc) is 3.40. The molecule has 370 valence electrons. The summed E-state index contributed by atoms with van der Waals surface area (Å²) in [6.45, 7) is 2.05. The van der Waals surface area contributed by atoms with Gasteiger partial charge in [-0.2, -0.15) is 9.97 Å². The molecule has 0 radical (unpaired) electrons. The van der Waals surface area contributed by atoms with E-state index in [9.17, 15) is 19.8 Å². The number of hydrogen-bond donors (Lipinski definition) is 5. The second-order valence-electron chi connectivity index (χ2n) is 18.1. The summed E-state index contributed by atoms with van der Waals surface area (Å²) in [5.74, 6) is 3.14. The minimum absolute atomic E-state index is 0.0605. The zero-order chi connectivity index (χ0) is 50.1. The van der Waals surface area contributed by atoms with Crippen molar-refractivity contribution < 1.29 is 38.7 Å². The lowest BCUT2D eigenvalue weighted by atomic mass is 9.72. The van der Waals surface area contributed by atoms with E-state index < -0.39 is 22.8 Å². The van der Waals surface area contributed by atoms with Crippen molar-refractivity contribution in [3.63, 3.8) is 0 Å². The molecule has 1 unspecified atom stereocenters. The number of ether oxygens (including phenoxy) is 4. The van der Waals surface area contributed by atoms with Gasteiger partial charge in [0.05, 0.1) is 63.0 Å². The molecule has 4 heterocycles. The molecule has 5 aromatic carbocycles. The Labute approximate surface area is 412 Å². The van der Waals surface area contributed by atoms with Gasteiger partial charge in [0.15, 0.2) is 23.0 Å². The topological polar surface area (TPSA) is 234 Å². The minimum Gasteiger partial charge on any atom is -0.493 e. The molecule has 17 nitrogen and oxygen atoms in total. The third-order valence-corrected chi connectivity index (χ3v) is 13.8. The van der Waals surface area contributed by atoms with Gasteiger partial charge in [0, 0.05) is 49.1 Å². The molecule has 2 fully saturated rings. The highest BCUT2D eigenvalue weighted by Gasteiger charge is 2.44. The molecule has 9 rings (SSSR count). The number of aliphatic hydroxyl groups excluding tert-OH is 1. The first-order chi connectivity index (χ1) is 34.4. The molecule has 0 bridgehead atoms. The van der Waals surface area contributed by atoms with Gasteiger partial charge in [-0.3, -0.25) is 9.59 Å². The summed E-state index contributed by atoms with van der Waals surface area (Å²) in [4.78, 5) is 48.7. The molecular weight excluding hydrogens is 903 g/mol. The number of hydrogen-bond acceptors (Lipinski definition) is 15. The molecule has 0 aliphatic carbocycles. The fourth-order valence-corrected chi connectivity index (χ4v) is 9.64. The third-order valence-electron chi connectivity index (χ3n) is 13.8. The van der Waals surface area contributed by atoms with Gasteiger partial charge in [-0.1, -0.05) is 91.0 Å². The van der Waals surface area contributed by atoms with Gasteiger partial charge in [-0.15, -0.1) is 0 Å². The van der Waals surface area contributed by atoms with Gasteiger partial charge in [-0.25, -0.2) is 9.97 Å². The van der Waals surface area contributed by atoms with Crippen LogP contribution in [-0.4, -0.2) is 103 Å². The second kappa shape index (κ2) is 21.8. The Morgan fingerprint density at radius 2 is 0.972 bits per heavy atom. The highest BCUT2D eigenvalue weighted by atomic mass is 16.5. The Morgan fingerprint density at radius 3 is 1.37 bits per heavy atom. The van der Waals surface area contributed by atoms with E-state index in [0.717, 1.165) is 16.7 Å². The fourth-order valence-electron chi connectivity index (χ4n) is 9.64. The number of anilines is 4. The number of carboxylic acids is 1. The predicted molar refractivity (Wildman–Crippen MR) is 274 cm³/mol. The Balaban J connectivity index is 0.000000197. The lowest BCUT2D eigenvalue weighted by Crippen LogP contribution is -2.51. The summed E-state index contributed by atoms with van der Waals surface area (Å²) in [5.41, 5.74) is 15.4. The van der Waals surface area contributed by atoms with Crippen LogP contribution in [0.5, 0.6) is 23.0 Å². The number of methoxy groups -OCH3 is 4. The maximum Gasteiger partial charge on any atom is 0.310 e. The Bertz CT molecular complexity index is 2950. The molecule has 1 atom stereocenters. The van der Waals surface area contributed by atoms with Crippen molar-refractivity contribution in [1.29, 1.82) is 0 Å². The SMILES string of the molecule is COc1cc2nc(N3CCC(Cc4ccccc4)(C(=O)NC(CO)c4ccccc4)CC3)nc(N)c2cc1OC.COc1cc2nc(N3CCC(Cc4ccccc4)(C(=O)O)CC3)nc(N)c2cc1OC. The predicted octanol–water partition coefficient (Wildman–Crippen LogP) is 7.05. The van der Waals surface area contributed by atoms with E-state index >= 15 is 0 Å². The van der Waals surface area contributed by atoms with Gasteiger partial charge < -0.3 is 55.7 Å². The zero-order valence-electron chi connectivity index (χ0n) is 40.5. The molecule has 0 spiro atoms. The molecular formula is C54H61N9O8. The minimum atomic E-state index is -0.795. The van der Waals surface area contributed by atoms with Gasteiger partial charge in [0.1, 0.15) is 11.6 Å². The van der Waals surface area contributed by atoms with Crippen LogP contribution in [0.3, 0.4) is 0 Å². The largest absolute Gasteiger partial charge is 0.493 e. The maximum absolute atomic E-state index is 14.0. The number of carboxylic acid groups (broad SMARTS) is 1. The number of nitrogens with one attached hydrogen (secondary N) is 1. The first-order valence-corrected chi connectivity index (χ1v) is 23.6. The Hall–Kier alpha value is -7.92. The van der Waals surface area contributed by atoms with Gasteiger partial charge in [0.25, 0.3) is 0 Å². The van der Waals surface area contributed by atoms with Crippen LogP contribution < -0.4 is 45.5 Å². The molecule has 2 aliphatic heterocycles. The third kappa shape index (κ3) is 10.8. The van der Waals surface area contributed by atoms with Gasteiger partial charge in [-0.05, 0) is 67.3 Å². The summed E-state index contributed by atoms with van der Waals surface area (Å²) in [6.07, 6.45) is 3.30. The average molecular weight is 964 g/mol. The summed E-state index contributed by atoms with van der Waals surface area (Å²) < 4.78 is 21.6. The normalized spacial score (nSPS) is 15.5. The Morgan fingerprint density at radius 1 is 0.592 bits per heavy atom. The number of nitrogens with two attached hydrogens (primary N) is 2. The van der Waals surface area contributed by atoms with Crippen molar-refractivity contribution in [3.8, 4) is 23.0 Å². The summed E-state index contributed by atoms with van der Waals surface area (Å²) in [5, 5.41) is 24.6. The standard InChI is InChI=1S/C31H35N5O4.C23H26N4O4/c1-39-26-17-23-24(18-27(26)40-2)34-30(35-28(23)32)36-15-13-31(14-16-36,19-21-9-5-3-6-10-21)29(38)33-25(20-37)22-11-7-4-8-12-22;1-30-18-12-16-17(13-19(18)31-2)25-22(26-20(16)24)27-10-8-23(9-11-27,21(28)29)14-15-6-4-3-5-7-15/h3-12,17-18,25,37H,13-16,19-20H2,1-2H3,(H,33,38)(H2,32,34,35);3-7,12-13H,8-11,14H2,1-2H3,(H,28,29)(H2,24,25,26). The number of aromatic nitrogens is 4. The molecule has 17 heteroatoms. The van der Waals surface area contributed by atoms with E-state index in [1.807, 2.05) is 83.8 Å². The summed E-state index contributed by atoms with van der Waals surface area (Å²) in [7, 11) is 6.28. The van der Waals surface area contributed by atoms with Crippen molar-refractivity contribution >= 4 is 57.2 Å². The van der Waals surface area contributed by atoms with Crippen molar-refractivity contribution in [2.24, 2.45) is 10.8 Å². The van der Waals surface area contributed by atoms with E-state index in [-0.39, 0.29) is 12.5 Å². The fraction of sp³-hybridized carbons (Fsp3) is 0.333. The van der Waals surface area contributed by atoms with E-state index in [1.54, 1.807) is 52.7 Å². The second-order valence-corrected chi connectivity index (χ2v) is 18.1. The summed E-state index contributed by atoms with van der Waals surface area (Å²) >= 11 is 0. The van der Waals surface area contributed by atoms with Gasteiger partial charge in [0.2, 0.25) is 17.8 Å². The number of carbonyl (C=O) groups is 2. The highest BCUT2D eigenvalue weighted by molar-refractivity contribution is 5.93. The van der Waals surface area contributed by atoms with E-state index in [1.165, 1.54) is 0 Å². The summed E-state index contributed by atoms with van der Waals surface area (Å²) in [6, 6.07) is 36.0. The van der Waals surface area contributed by atoms with E-state index in [0.29, 0.717) is 133 Å².